The smallest absolute Gasteiger partial charge is 0.128 e. The van der Waals surface area contributed by atoms with Crippen LogP contribution in [0.25, 0.3) is 0 Å². The molecule has 0 aliphatic rings. The van der Waals surface area contributed by atoms with Gasteiger partial charge in [-0.25, -0.2) is 9.82 Å². The largest absolute Gasteiger partial charge is 0.494 e. The average molecular weight is 274 g/mol. The summed E-state index contributed by atoms with van der Waals surface area (Å²) in [5.41, 5.74) is 4.93. The van der Waals surface area contributed by atoms with Crippen molar-refractivity contribution in [2.24, 2.45) is 5.84 Å². The highest BCUT2D eigenvalue weighted by atomic mass is 19.1. The highest BCUT2D eigenvalue weighted by Gasteiger charge is 2.17. The molecule has 2 aromatic carbocycles. The summed E-state index contributed by atoms with van der Waals surface area (Å²) in [5, 5.41) is 0. The Kier molecular flexibility index (Phi) is 4.71. The van der Waals surface area contributed by atoms with E-state index >= 15 is 0 Å². The SMILES string of the molecule is CCOc1cccc(C(NN)c2ccc(C)cc2F)c1. The average Bonchev–Trinajstić information content (AvgIpc) is 2.43. The van der Waals surface area contributed by atoms with Gasteiger partial charge in [-0.15, -0.1) is 0 Å². The minimum absolute atomic E-state index is 0.269. The molecule has 3 nitrogen and oxygen atoms in total. The molecule has 0 aromatic heterocycles. The van der Waals surface area contributed by atoms with Crippen LogP contribution in [0.3, 0.4) is 0 Å². The Morgan fingerprint density at radius 3 is 2.70 bits per heavy atom. The lowest BCUT2D eigenvalue weighted by atomic mass is 9.97. The number of halogens is 1. The van der Waals surface area contributed by atoms with E-state index in [1.54, 1.807) is 6.07 Å². The number of hydrogen-bond donors (Lipinski definition) is 2. The molecule has 1 atom stereocenters. The fourth-order valence-corrected chi connectivity index (χ4v) is 2.18. The molecule has 20 heavy (non-hydrogen) atoms. The van der Waals surface area contributed by atoms with E-state index in [0.29, 0.717) is 12.2 Å². The van der Waals surface area contributed by atoms with Crippen molar-refractivity contribution in [2.45, 2.75) is 19.9 Å². The van der Waals surface area contributed by atoms with Gasteiger partial charge in [-0.3, -0.25) is 5.84 Å². The molecule has 0 radical (unpaired) electrons. The molecule has 0 aliphatic carbocycles. The molecular weight excluding hydrogens is 255 g/mol. The maximum atomic E-state index is 14.1. The van der Waals surface area contributed by atoms with E-state index in [0.717, 1.165) is 16.9 Å². The van der Waals surface area contributed by atoms with Crippen LogP contribution >= 0.6 is 0 Å². The summed E-state index contributed by atoms with van der Waals surface area (Å²) in [5.74, 6) is 6.09. The first kappa shape index (κ1) is 14.5. The Morgan fingerprint density at radius 1 is 1.25 bits per heavy atom. The fraction of sp³-hybridized carbons (Fsp3) is 0.250. The molecule has 0 saturated carbocycles. The number of benzene rings is 2. The molecule has 0 saturated heterocycles. The lowest BCUT2D eigenvalue weighted by Crippen LogP contribution is -2.29. The van der Waals surface area contributed by atoms with Gasteiger partial charge in [-0.1, -0.05) is 24.3 Å². The summed E-state index contributed by atoms with van der Waals surface area (Å²) < 4.78 is 19.6. The van der Waals surface area contributed by atoms with Crippen LogP contribution in [0.15, 0.2) is 42.5 Å². The number of rotatable bonds is 5. The molecule has 2 aromatic rings. The zero-order valence-corrected chi connectivity index (χ0v) is 11.7. The van der Waals surface area contributed by atoms with Gasteiger partial charge in [0.15, 0.2) is 0 Å². The summed E-state index contributed by atoms with van der Waals surface area (Å²) in [6.45, 7) is 4.36. The summed E-state index contributed by atoms with van der Waals surface area (Å²) >= 11 is 0. The third-order valence-electron chi connectivity index (χ3n) is 3.14. The Morgan fingerprint density at radius 2 is 2.05 bits per heavy atom. The third-order valence-corrected chi connectivity index (χ3v) is 3.14. The van der Waals surface area contributed by atoms with E-state index in [4.69, 9.17) is 10.6 Å². The molecular formula is C16H19FN2O. The monoisotopic (exact) mass is 274 g/mol. The van der Waals surface area contributed by atoms with Crippen LogP contribution in [0, 0.1) is 12.7 Å². The van der Waals surface area contributed by atoms with Crippen molar-refractivity contribution in [3.8, 4) is 5.75 Å². The Bertz CT molecular complexity index is 586. The molecule has 0 heterocycles. The number of nitrogens with two attached hydrogens (primary N) is 1. The van der Waals surface area contributed by atoms with E-state index in [2.05, 4.69) is 5.43 Å². The lowest BCUT2D eigenvalue weighted by molar-refractivity contribution is 0.339. The zero-order valence-electron chi connectivity index (χ0n) is 11.7. The van der Waals surface area contributed by atoms with Crippen molar-refractivity contribution in [3.63, 3.8) is 0 Å². The Labute approximate surface area is 118 Å². The van der Waals surface area contributed by atoms with E-state index < -0.39 is 6.04 Å². The minimum atomic E-state index is -0.406. The van der Waals surface area contributed by atoms with Crippen LogP contribution in [0.5, 0.6) is 5.75 Å². The lowest BCUT2D eigenvalue weighted by Gasteiger charge is -2.18. The molecule has 2 rings (SSSR count). The van der Waals surface area contributed by atoms with Crippen molar-refractivity contribution in [1.29, 1.82) is 0 Å². The molecule has 4 heteroatoms. The summed E-state index contributed by atoms with van der Waals surface area (Å²) in [6, 6.07) is 12.2. The quantitative estimate of drug-likeness (QED) is 0.650. The summed E-state index contributed by atoms with van der Waals surface area (Å²) in [6.07, 6.45) is 0. The van der Waals surface area contributed by atoms with Gasteiger partial charge in [-0.2, -0.15) is 0 Å². The van der Waals surface area contributed by atoms with Gasteiger partial charge in [0.1, 0.15) is 11.6 Å². The molecule has 0 bridgehead atoms. The van der Waals surface area contributed by atoms with E-state index in [1.807, 2.05) is 44.2 Å². The predicted molar refractivity (Wildman–Crippen MR) is 77.9 cm³/mol. The maximum Gasteiger partial charge on any atom is 0.128 e. The van der Waals surface area contributed by atoms with Gasteiger partial charge in [0.2, 0.25) is 0 Å². The van der Waals surface area contributed by atoms with Gasteiger partial charge in [0.25, 0.3) is 0 Å². The first-order chi connectivity index (χ1) is 9.65. The molecule has 0 amide bonds. The van der Waals surface area contributed by atoms with Gasteiger partial charge in [0, 0.05) is 5.56 Å². The number of nitrogens with one attached hydrogen (secondary N) is 1. The van der Waals surface area contributed by atoms with Crippen LogP contribution in [0.2, 0.25) is 0 Å². The van der Waals surface area contributed by atoms with Crippen molar-refractivity contribution in [1.82, 2.24) is 5.43 Å². The second kappa shape index (κ2) is 6.50. The highest BCUT2D eigenvalue weighted by Crippen LogP contribution is 2.27. The normalized spacial score (nSPS) is 12.2. The first-order valence-electron chi connectivity index (χ1n) is 6.60. The van der Waals surface area contributed by atoms with Crippen LogP contribution in [0.1, 0.15) is 29.7 Å². The maximum absolute atomic E-state index is 14.1. The molecule has 0 fully saturated rings. The number of hydrogen-bond acceptors (Lipinski definition) is 3. The summed E-state index contributed by atoms with van der Waals surface area (Å²) in [4.78, 5) is 0. The van der Waals surface area contributed by atoms with Crippen LogP contribution < -0.4 is 16.0 Å². The molecule has 1 unspecified atom stereocenters. The van der Waals surface area contributed by atoms with Crippen molar-refractivity contribution in [3.05, 3.63) is 65.0 Å². The molecule has 3 N–H and O–H groups in total. The van der Waals surface area contributed by atoms with E-state index in [9.17, 15) is 4.39 Å². The van der Waals surface area contributed by atoms with Gasteiger partial charge in [-0.05, 0) is 43.2 Å². The molecule has 0 spiro atoms. The van der Waals surface area contributed by atoms with Gasteiger partial charge < -0.3 is 4.74 Å². The number of hydrazine groups is 1. The Hall–Kier alpha value is -1.91. The molecule has 106 valence electrons. The topological polar surface area (TPSA) is 47.3 Å². The second-order valence-electron chi connectivity index (χ2n) is 4.63. The standard InChI is InChI=1S/C16H19FN2O/c1-3-20-13-6-4-5-12(10-13)16(19-18)14-8-7-11(2)9-15(14)17/h4-10,16,19H,3,18H2,1-2H3. The van der Waals surface area contributed by atoms with Crippen molar-refractivity contribution in [2.75, 3.05) is 6.61 Å². The first-order valence-corrected chi connectivity index (χ1v) is 6.60. The van der Waals surface area contributed by atoms with Crippen molar-refractivity contribution < 1.29 is 9.13 Å². The minimum Gasteiger partial charge on any atom is -0.494 e. The van der Waals surface area contributed by atoms with Crippen LogP contribution in [0.4, 0.5) is 4.39 Å². The van der Waals surface area contributed by atoms with Crippen LogP contribution in [-0.2, 0) is 0 Å². The third kappa shape index (κ3) is 3.15. The predicted octanol–water partition coefficient (Wildman–Crippen LogP) is 3.09. The molecule has 0 aliphatic heterocycles. The fourth-order valence-electron chi connectivity index (χ4n) is 2.18. The Balaban J connectivity index is 2.38. The second-order valence-corrected chi connectivity index (χ2v) is 4.63. The number of ether oxygens (including phenoxy) is 1. The van der Waals surface area contributed by atoms with E-state index in [1.165, 1.54) is 6.07 Å². The van der Waals surface area contributed by atoms with Gasteiger partial charge >= 0.3 is 0 Å². The van der Waals surface area contributed by atoms with E-state index in [-0.39, 0.29) is 5.82 Å². The number of aryl methyl sites for hydroxylation is 1. The highest BCUT2D eigenvalue weighted by molar-refractivity contribution is 5.38. The zero-order chi connectivity index (χ0) is 14.5. The van der Waals surface area contributed by atoms with Crippen LogP contribution in [-0.4, -0.2) is 6.61 Å². The van der Waals surface area contributed by atoms with Crippen molar-refractivity contribution >= 4 is 0 Å². The summed E-state index contributed by atoms with van der Waals surface area (Å²) in [7, 11) is 0. The van der Waals surface area contributed by atoms with Gasteiger partial charge in [0.05, 0.1) is 12.6 Å².